The van der Waals surface area contributed by atoms with Crippen molar-refractivity contribution in [1.29, 1.82) is 0 Å². The summed E-state index contributed by atoms with van der Waals surface area (Å²) in [5, 5.41) is 14.6. The highest BCUT2D eigenvalue weighted by Gasteiger charge is 2.16. The van der Waals surface area contributed by atoms with Crippen LogP contribution >= 0.6 is 27.7 Å². The molecule has 1 aromatic heterocycles. The van der Waals surface area contributed by atoms with Gasteiger partial charge in [-0.05, 0) is 48.1 Å². The molecular weight excluding hydrogens is 512 g/mol. The quantitative estimate of drug-likeness (QED) is 0.241. The number of carbonyl (C=O) groups excluding carboxylic acids is 1. The number of fused-ring (bicyclic) bond motifs is 1. The number of hydrogen-bond acceptors (Lipinski definition) is 5. The number of hydrogen-bond donors (Lipinski definition) is 1. The number of nitrogens with one attached hydrogen (secondary N) is 1. The van der Waals surface area contributed by atoms with Crippen LogP contribution in [0, 0.1) is 0 Å². The Balaban J connectivity index is 1.40. The Labute approximate surface area is 212 Å². The van der Waals surface area contributed by atoms with Gasteiger partial charge in [-0.15, -0.1) is 10.2 Å². The third kappa shape index (κ3) is 5.62. The molecule has 176 valence electrons. The summed E-state index contributed by atoms with van der Waals surface area (Å²) in [7, 11) is 0. The topological polar surface area (TPSA) is 69.0 Å². The molecular formula is C26H27BrN4O2S. The Bertz CT molecular complexity index is 1300. The maximum Gasteiger partial charge on any atom is 0.234 e. The van der Waals surface area contributed by atoms with Crippen molar-refractivity contribution in [3.05, 3.63) is 76.5 Å². The molecule has 34 heavy (non-hydrogen) atoms. The fourth-order valence-electron chi connectivity index (χ4n) is 3.76. The molecule has 0 radical (unpaired) electrons. The Kier molecular flexibility index (Phi) is 7.90. The van der Waals surface area contributed by atoms with Crippen molar-refractivity contribution in [3.63, 3.8) is 0 Å². The zero-order valence-corrected chi connectivity index (χ0v) is 21.8. The van der Waals surface area contributed by atoms with Crippen LogP contribution in [0.1, 0.15) is 38.1 Å². The molecule has 0 bridgehead atoms. The first-order chi connectivity index (χ1) is 16.5. The summed E-state index contributed by atoms with van der Waals surface area (Å²) in [6.45, 7) is 7.24. The molecule has 0 atom stereocenters. The smallest absolute Gasteiger partial charge is 0.234 e. The average molecular weight is 539 g/mol. The third-order valence-electron chi connectivity index (χ3n) is 5.46. The molecule has 1 N–H and O–H groups in total. The minimum atomic E-state index is -0.0755. The summed E-state index contributed by atoms with van der Waals surface area (Å²) in [5.74, 6) is 2.01. The lowest BCUT2D eigenvalue weighted by atomic mass is 10.0. The van der Waals surface area contributed by atoms with Gasteiger partial charge >= 0.3 is 0 Å². The van der Waals surface area contributed by atoms with Crippen molar-refractivity contribution < 1.29 is 9.53 Å². The van der Waals surface area contributed by atoms with Gasteiger partial charge in [0.25, 0.3) is 0 Å². The lowest BCUT2D eigenvalue weighted by molar-refractivity contribution is -0.113. The first kappa shape index (κ1) is 24.3. The van der Waals surface area contributed by atoms with E-state index in [0.717, 1.165) is 38.1 Å². The van der Waals surface area contributed by atoms with E-state index in [1.54, 1.807) is 0 Å². The zero-order valence-electron chi connectivity index (χ0n) is 19.4. The summed E-state index contributed by atoms with van der Waals surface area (Å²) < 4.78 is 9.08. The van der Waals surface area contributed by atoms with Gasteiger partial charge in [0.15, 0.2) is 11.0 Å². The number of halogens is 1. The molecule has 0 aliphatic carbocycles. The Morgan fingerprint density at radius 1 is 1.12 bits per heavy atom. The van der Waals surface area contributed by atoms with E-state index in [9.17, 15) is 4.79 Å². The molecule has 4 rings (SSSR count). The van der Waals surface area contributed by atoms with Gasteiger partial charge in [-0.2, -0.15) is 0 Å². The second-order valence-electron chi connectivity index (χ2n) is 8.13. The molecule has 0 fully saturated rings. The van der Waals surface area contributed by atoms with E-state index in [1.807, 2.05) is 60.0 Å². The molecule has 1 amide bonds. The maximum absolute atomic E-state index is 12.7. The Morgan fingerprint density at radius 3 is 2.71 bits per heavy atom. The minimum absolute atomic E-state index is 0.0755. The van der Waals surface area contributed by atoms with Gasteiger partial charge in [0.1, 0.15) is 12.4 Å². The van der Waals surface area contributed by atoms with Crippen LogP contribution in [0.4, 0.5) is 5.69 Å². The van der Waals surface area contributed by atoms with Crippen LogP contribution in [0.5, 0.6) is 5.75 Å². The number of ether oxygens (including phenoxy) is 1. The number of aromatic nitrogens is 3. The van der Waals surface area contributed by atoms with E-state index in [0.29, 0.717) is 24.2 Å². The van der Waals surface area contributed by atoms with Crippen LogP contribution in [-0.2, 0) is 17.9 Å². The second kappa shape index (κ2) is 11.1. The molecule has 4 aromatic rings. The molecule has 0 spiro atoms. The predicted molar refractivity (Wildman–Crippen MR) is 142 cm³/mol. The van der Waals surface area contributed by atoms with E-state index in [4.69, 9.17) is 4.74 Å². The number of thioether (sulfide) groups is 1. The molecule has 0 saturated carbocycles. The largest absolute Gasteiger partial charge is 0.485 e. The predicted octanol–water partition coefficient (Wildman–Crippen LogP) is 6.65. The Hall–Kier alpha value is -2.84. The van der Waals surface area contributed by atoms with Crippen LogP contribution in [-0.4, -0.2) is 26.4 Å². The zero-order chi connectivity index (χ0) is 24.1. The molecule has 0 aliphatic rings. The van der Waals surface area contributed by atoms with Crippen molar-refractivity contribution in [3.8, 4) is 5.75 Å². The summed E-state index contributed by atoms with van der Waals surface area (Å²) >= 11 is 4.88. The lowest BCUT2D eigenvalue weighted by Gasteiger charge is -2.14. The van der Waals surface area contributed by atoms with E-state index < -0.39 is 0 Å². The number of amides is 1. The second-order valence-corrected chi connectivity index (χ2v) is 9.99. The molecule has 3 aromatic carbocycles. The van der Waals surface area contributed by atoms with E-state index in [2.05, 4.69) is 57.4 Å². The average Bonchev–Trinajstić information content (AvgIpc) is 3.24. The standard InChI is InChI=1S/C26H27BrN4O2S/c1-4-31-24(15-33-23-11-7-9-18-8-5-6-10-20(18)23)29-30-26(31)34-16-25(32)28-22-13-12-19(27)14-21(22)17(2)3/h5-14,17H,4,15-16H2,1-3H3,(H,28,32). The summed E-state index contributed by atoms with van der Waals surface area (Å²) in [6.07, 6.45) is 0. The van der Waals surface area contributed by atoms with Gasteiger partial charge in [-0.1, -0.05) is 77.9 Å². The van der Waals surface area contributed by atoms with Gasteiger partial charge in [0, 0.05) is 22.1 Å². The fourth-order valence-corrected chi connectivity index (χ4v) is 4.96. The SMILES string of the molecule is CCn1c(COc2cccc3ccccc23)nnc1SCC(=O)Nc1ccc(Br)cc1C(C)C. The summed E-state index contributed by atoms with van der Waals surface area (Å²) in [5.41, 5.74) is 1.93. The normalized spacial score (nSPS) is 11.2. The van der Waals surface area contributed by atoms with Crippen molar-refractivity contribution >= 4 is 50.1 Å². The first-order valence-electron chi connectivity index (χ1n) is 11.2. The van der Waals surface area contributed by atoms with Gasteiger partial charge in [0.05, 0.1) is 5.75 Å². The van der Waals surface area contributed by atoms with E-state index in [-0.39, 0.29) is 11.7 Å². The highest BCUT2D eigenvalue weighted by atomic mass is 79.9. The third-order valence-corrected chi connectivity index (χ3v) is 6.92. The lowest BCUT2D eigenvalue weighted by Crippen LogP contribution is -2.16. The minimum Gasteiger partial charge on any atom is -0.485 e. The number of anilines is 1. The molecule has 8 heteroatoms. The van der Waals surface area contributed by atoms with Crippen molar-refractivity contribution in [1.82, 2.24) is 14.8 Å². The van der Waals surface area contributed by atoms with Crippen LogP contribution in [0.2, 0.25) is 0 Å². The van der Waals surface area contributed by atoms with Crippen LogP contribution in [0.3, 0.4) is 0 Å². The molecule has 0 saturated heterocycles. The van der Waals surface area contributed by atoms with Crippen LogP contribution in [0.25, 0.3) is 10.8 Å². The summed E-state index contributed by atoms with van der Waals surface area (Å²) in [6, 6.07) is 20.0. The highest BCUT2D eigenvalue weighted by Crippen LogP contribution is 2.29. The van der Waals surface area contributed by atoms with Gasteiger partial charge < -0.3 is 14.6 Å². The van der Waals surface area contributed by atoms with Crippen molar-refractivity contribution in [2.75, 3.05) is 11.1 Å². The van der Waals surface area contributed by atoms with Crippen molar-refractivity contribution in [2.24, 2.45) is 0 Å². The van der Waals surface area contributed by atoms with E-state index in [1.165, 1.54) is 11.8 Å². The maximum atomic E-state index is 12.7. The van der Waals surface area contributed by atoms with Gasteiger partial charge in [-0.3, -0.25) is 4.79 Å². The Morgan fingerprint density at radius 2 is 1.91 bits per heavy atom. The molecule has 0 unspecified atom stereocenters. The number of benzene rings is 3. The molecule has 1 heterocycles. The van der Waals surface area contributed by atoms with Crippen molar-refractivity contribution in [2.45, 2.75) is 45.0 Å². The number of nitrogens with zero attached hydrogens (tertiary/aromatic N) is 3. The number of carbonyl (C=O) groups is 1. The molecule has 6 nitrogen and oxygen atoms in total. The van der Waals surface area contributed by atoms with Gasteiger partial charge in [-0.25, -0.2) is 0 Å². The summed E-state index contributed by atoms with van der Waals surface area (Å²) in [4.78, 5) is 12.7. The van der Waals surface area contributed by atoms with Gasteiger partial charge in [0.2, 0.25) is 5.91 Å². The monoisotopic (exact) mass is 538 g/mol. The first-order valence-corrected chi connectivity index (χ1v) is 13.0. The van der Waals surface area contributed by atoms with E-state index >= 15 is 0 Å². The van der Waals surface area contributed by atoms with Crippen LogP contribution in [0.15, 0.2) is 70.3 Å². The van der Waals surface area contributed by atoms with Crippen LogP contribution < -0.4 is 10.1 Å². The number of rotatable bonds is 9. The fraction of sp³-hybridized carbons (Fsp3) is 0.269. The molecule has 0 aliphatic heterocycles. The highest BCUT2D eigenvalue weighted by molar-refractivity contribution is 9.10.